The van der Waals surface area contributed by atoms with Crippen LogP contribution >= 0.6 is 0 Å². The number of likely N-dealkylation sites (tertiary alicyclic amines) is 1. The van der Waals surface area contributed by atoms with Crippen LogP contribution in [0.3, 0.4) is 0 Å². The number of nitrogens with two attached hydrogens (primary N) is 1. The topological polar surface area (TPSA) is 71.6 Å². The lowest BCUT2D eigenvalue weighted by Gasteiger charge is -2.31. The highest BCUT2D eigenvalue weighted by Gasteiger charge is 2.21. The standard InChI is InChI=1S/C12H25N3O2/c1-16-8-9-17-7-3-6-15-5-2-4-11(10-15)12(13)14/h11H,2-10H2,1H3,(H3,13,14). The van der Waals surface area contributed by atoms with Crippen molar-refractivity contribution in [2.45, 2.75) is 19.3 Å². The summed E-state index contributed by atoms with van der Waals surface area (Å²) in [5.74, 6) is 0.601. The van der Waals surface area contributed by atoms with E-state index in [4.69, 9.17) is 20.6 Å². The lowest BCUT2D eigenvalue weighted by atomic mass is 9.97. The molecule has 0 spiro atoms. The van der Waals surface area contributed by atoms with Gasteiger partial charge in [0.2, 0.25) is 0 Å². The van der Waals surface area contributed by atoms with Gasteiger partial charge in [0.15, 0.2) is 0 Å². The molecule has 1 atom stereocenters. The summed E-state index contributed by atoms with van der Waals surface area (Å²) in [4.78, 5) is 2.38. The van der Waals surface area contributed by atoms with Crippen LogP contribution in [0.25, 0.3) is 0 Å². The van der Waals surface area contributed by atoms with Gasteiger partial charge in [0, 0.05) is 32.7 Å². The van der Waals surface area contributed by atoms with Gasteiger partial charge in [0.25, 0.3) is 0 Å². The molecule has 5 nitrogen and oxygen atoms in total. The molecule has 1 aliphatic rings. The predicted octanol–water partition coefficient (Wildman–Crippen LogP) is 0.687. The largest absolute Gasteiger partial charge is 0.387 e. The fraction of sp³-hybridized carbons (Fsp3) is 0.917. The highest BCUT2D eigenvalue weighted by Crippen LogP contribution is 2.16. The van der Waals surface area contributed by atoms with Crippen molar-refractivity contribution in [1.29, 1.82) is 5.41 Å². The number of nitrogens with one attached hydrogen (secondary N) is 1. The van der Waals surface area contributed by atoms with Gasteiger partial charge in [-0.3, -0.25) is 5.41 Å². The van der Waals surface area contributed by atoms with Crippen LogP contribution in [-0.4, -0.2) is 57.3 Å². The number of piperidine rings is 1. The fourth-order valence-corrected chi connectivity index (χ4v) is 2.15. The molecule has 0 aromatic heterocycles. The first kappa shape index (κ1) is 14.4. The van der Waals surface area contributed by atoms with Gasteiger partial charge in [-0.15, -0.1) is 0 Å². The van der Waals surface area contributed by atoms with E-state index in [0.717, 1.165) is 45.5 Å². The summed E-state index contributed by atoms with van der Waals surface area (Å²) in [6, 6.07) is 0. The molecule has 0 aromatic rings. The van der Waals surface area contributed by atoms with Gasteiger partial charge in [-0.05, 0) is 25.8 Å². The third-order valence-electron chi connectivity index (χ3n) is 3.14. The molecule has 0 bridgehead atoms. The van der Waals surface area contributed by atoms with Crippen LogP contribution in [0.5, 0.6) is 0 Å². The van der Waals surface area contributed by atoms with Gasteiger partial charge < -0.3 is 20.1 Å². The molecule has 0 radical (unpaired) electrons. The van der Waals surface area contributed by atoms with Crippen LogP contribution in [-0.2, 0) is 9.47 Å². The molecule has 1 heterocycles. The second kappa shape index (κ2) is 8.44. The van der Waals surface area contributed by atoms with E-state index >= 15 is 0 Å². The normalized spacial score (nSPS) is 21.6. The Morgan fingerprint density at radius 1 is 1.41 bits per heavy atom. The van der Waals surface area contributed by atoms with Crippen molar-refractivity contribution < 1.29 is 9.47 Å². The zero-order valence-corrected chi connectivity index (χ0v) is 10.8. The lowest BCUT2D eigenvalue weighted by Crippen LogP contribution is -2.41. The molecule has 1 aliphatic heterocycles. The Hall–Kier alpha value is -0.650. The monoisotopic (exact) mass is 243 g/mol. The average molecular weight is 243 g/mol. The van der Waals surface area contributed by atoms with E-state index in [9.17, 15) is 0 Å². The molecule has 1 fully saturated rings. The summed E-state index contributed by atoms with van der Waals surface area (Å²) < 4.78 is 10.3. The second-order valence-corrected chi connectivity index (χ2v) is 4.55. The molecular weight excluding hydrogens is 218 g/mol. The molecule has 1 saturated heterocycles. The Morgan fingerprint density at radius 2 is 2.24 bits per heavy atom. The molecule has 3 N–H and O–H groups in total. The van der Waals surface area contributed by atoms with E-state index in [0.29, 0.717) is 19.0 Å². The summed E-state index contributed by atoms with van der Waals surface area (Å²) in [5, 5.41) is 7.48. The fourth-order valence-electron chi connectivity index (χ4n) is 2.15. The Kier molecular flexibility index (Phi) is 7.16. The van der Waals surface area contributed by atoms with Crippen molar-refractivity contribution in [3.8, 4) is 0 Å². The molecule has 0 saturated carbocycles. The Balaban J connectivity index is 2.04. The van der Waals surface area contributed by atoms with E-state index < -0.39 is 0 Å². The maximum atomic E-state index is 7.48. The SMILES string of the molecule is COCCOCCCN1CCCC(C(=N)N)C1. The average Bonchev–Trinajstić information content (AvgIpc) is 2.34. The number of amidine groups is 1. The van der Waals surface area contributed by atoms with Crippen molar-refractivity contribution in [3.05, 3.63) is 0 Å². The van der Waals surface area contributed by atoms with Crippen molar-refractivity contribution in [1.82, 2.24) is 4.90 Å². The van der Waals surface area contributed by atoms with Crippen molar-refractivity contribution >= 4 is 5.84 Å². The lowest BCUT2D eigenvalue weighted by molar-refractivity contribution is 0.0635. The van der Waals surface area contributed by atoms with Crippen molar-refractivity contribution in [2.75, 3.05) is 46.6 Å². The molecule has 1 unspecified atom stereocenters. The first-order chi connectivity index (χ1) is 8.24. The number of ether oxygens (including phenoxy) is 2. The third-order valence-corrected chi connectivity index (χ3v) is 3.14. The van der Waals surface area contributed by atoms with Crippen LogP contribution in [0.4, 0.5) is 0 Å². The van der Waals surface area contributed by atoms with Gasteiger partial charge in [-0.1, -0.05) is 0 Å². The molecule has 0 aliphatic carbocycles. The third kappa shape index (κ3) is 6.00. The van der Waals surface area contributed by atoms with Gasteiger partial charge in [-0.25, -0.2) is 0 Å². The Morgan fingerprint density at radius 3 is 2.94 bits per heavy atom. The summed E-state index contributed by atoms with van der Waals surface area (Å²) in [5.41, 5.74) is 5.56. The van der Waals surface area contributed by atoms with Crippen LogP contribution < -0.4 is 5.73 Å². The minimum atomic E-state index is 0.262. The summed E-state index contributed by atoms with van der Waals surface area (Å²) in [6.07, 6.45) is 3.25. The van der Waals surface area contributed by atoms with Crippen molar-refractivity contribution in [2.24, 2.45) is 11.7 Å². The molecule has 1 rings (SSSR count). The Bertz CT molecular complexity index is 224. The van der Waals surface area contributed by atoms with Crippen LogP contribution in [0.15, 0.2) is 0 Å². The smallest absolute Gasteiger partial charge is 0.0949 e. The Labute approximate surface area is 104 Å². The van der Waals surface area contributed by atoms with Gasteiger partial charge >= 0.3 is 0 Å². The van der Waals surface area contributed by atoms with E-state index in [-0.39, 0.29) is 5.92 Å². The molecule has 100 valence electrons. The number of nitrogens with zero attached hydrogens (tertiary/aromatic N) is 1. The molecule has 17 heavy (non-hydrogen) atoms. The van der Waals surface area contributed by atoms with E-state index in [2.05, 4.69) is 4.90 Å². The van der Waals surface area contributed by atoms with Gasteiger partial charge in [-0.2, -0.15) is 0 Å². The highest BCUT2D eigenvalue weighted by molar-refractivity contribution is 5.79. The molecule has 5 heteroatoms. The summed E-state index contributed by atoms with van der Waals surface area (Å²) in [7, 11) is 1.68. The zero-order valence-electron chi connectivity index (χ0n) is 10.8. The van der Waals surface area contributed by atoms with Crippen LogP contribution in [0.2, 0.25) is 0 Å². The second-order valence-electron chi connectivity index (χ2n) is 4.55. The minimum Gasteiger partial charge on any atom is -0.387 e. The molecule has 0 amide bonds. The number of hydrogen-bond acceptors (Lipinski definition) is 4. The zero-order chi connectivity index (χ0) is 12.5. The minimum absolute atomic E-state index is 0.262. The first-order valence-electron chi connectivity index (χ1n) is 6.37. The van der Waals surface area contributed by atoms with E-state index in [1.54, 1.807) is 7.11 Å². The first-order valence-corrected chi connectivity index (χ1v) is 6.37. The van der Waals surface area contributed by atoms with Gasteiger partial charge in [0.05, 0.1) is 19.0 Å². The van der Waals surface area contributed by atoms with Crippen LogP contribution in [0.1, 0.15) is 19.3 Å². The van der Waals surface area contributed by atoms with Gasteiger partial charge in [0.1, 0.15) is 0 Å². The van der Waals surface area contributed by atoms with Crippen LogP contribution in [0, 0.1) is 11.3 Å². The quantitative estimate of drug-likeness (QED) is 0.374. The summed E-state index contributed by atoms with van der Waals surface area (Å²) >= 11 is 0. The van der Waals surface area contributed by atoms with E-state index in [1.807, 2.05) is 0 Å². The van der Waals surface area contributed by atoms with E-state index in [1.165, 1.54) is 0 Å². The predicted molar refractivity (Wildman–Crippen MR) is 68.4 cm³/mol. The summed E-state index contributed by atoms with van der Waals surface area (Å²) in [6.45, 7) is 5.22. The maximum Gasteiger partial charge on any atom is 0.0949 e. The molecule has 0 aromatic carbocycles. The number of rotatable bonds is 8. The maximum absolute atomic E-state index is 7.48. The highest BCUT2D eigenvalue weighted by atomic mass is 16.5. The van der Waals surface area contributed by atoms with Crippen molar-refractivity contribution in [3.63, 3.8) is 0 Å². The number of methoxy groups -OCH3 is 1. The molecular formula is C12H25N3O2. The number of hydrogen-bond donors (Lipinski definition) is 2.